The van der Waals surface area contributed by atoms with E-state index in [9.17, 15) is 9.59 Å². The molecule has 6 nitrogen and oxygen atoms in total. The highest BCUT2D eigenvalue weighted by atomic mass is 32.2. The summed E-state index contributed by atoms with van der Waals surface area (Å²) >= 11 is 1.48. The molecule has 1 fully saturated rings. The van der Waals surface area contributed by atoms with Gasteiger partial charge in [-0.2, -0.15) is 0 Å². The number of methoxy groups -OCH3 is 1. The highest BCUT2D eigenvalue weighted by Gasteiger charge is 2.31. The predicted molar refractivity (Wildman–Crippen MR) is 111 cm³/mol. The molecule has 2 aliphatic heterocycles. The first-order chi connectivity index (χ1) is 13.6. The summed E-state index contributed by atoms with van der Waals surface area (Å²) in [4.78, 5) is 30.2. The lowest BCUT2D eigenvalue weighted by atomic mass is 10.2. The Morgan fingerprint density at radius 1 is 1.11 bits per heavy atom. The molecule has 2 aromatic carbocycles. The molecule has 0 spiro atoms. The molecule has 1 atom stereocenters. The molecule has 0 radical (unpaired) electrons. The smallest absolute Gasteiger partial charge is 0.238 e. The molecule has 2 aromatic rings. The summed E-state index contributed by atoms with van der Waals surface area (Å²) in [6.45, 7) is 2.90. The number of benzene rings is 2. The van der Waals surface area contributed by atoms with E-state index in [4.69, 9.17) is 4.74 Å². The van der Waals surface area contributed by atoms with E-state index in [1.165, 1.54) is 11.8 Å². The second-order valence-corrected chi connectivity index (χ2v) is 8.11. The molecule has 146 valence electrons. The van der Waals surface area contributed by atoms with Gasteiger partial charge in [-0.05, 0) is 36.4 Å². The summed E-state index contributed by atoms with van der Waals surface area (Å²) in [5.74, 6) is 0.790. The lowest BCUT2D eigenvalue weighted by Crippen LogP contribution is -2.49. The minimum atomic E-state index is -0.373. The Kier molecular flexibility index (Phi) is 5.43. The monoisotopic (exact) mass is 397 g/mol. The maximum Gasteiger partial charge on any atom is 0.238 e. The van der Waals surface area contributed by atoms with Gasteiger partial charge in [0.1, 0.15) is 5.75 Å². The first kappa shape index (κ1) is 18.7. The zero-order chi connectivity index (χ0) is 19.5. The van der Waals surface area contributed by atoms with Crippen LogP contribution in [0.1, 0.15) is 6.42 Å². The van der Waals surface area contributed by atoms with Crippen molar-refractivity contribution in [3.8, 4) is 5.75 Å². The quantitative estimate of drug-likeness (QED) is 0.860. The number of carbonyl (C=O) groups is 2. The maximum atomic E-state index is 12.7. The fourth-order valence-electron chi connectivity index (χ4n) is 3.52. The minimum absolute atomic E-state index is 0.0430. The van der Waals surface area contributed by atoms with Crippen LogP contribution in [0, 0.1) is 0 Å². The molecule has 0 aromatic heterocycles. The van der Waals surface area contributed by atoms with Crippen LogP contribution in [0.15, 0.2) is 53.4 Å². The molecule has 4 rings (SSSR count). The van der Waals surface area contributed by atoms with E-state index in [-0.39, 0.29) is 23.5 Å². The number of hydrogen-bond acceptors (Lipinski definition) is 5. The summed E-state index contributed by atoms with van der Waals surface area (Å²) in [6, 6.07) is 15.7. The van der Waals surface area contributed by atoms with Crippen LogP contribution in [-0.4, -0.2) is 55.3 Å². The van der Waals surface area contributed by atoms with Crippen molar-refractivity contribution in [2.75, 3.05) is 43.5 Å². The van der Waals surface area contributed by atoms with Crippen molar-refractivity contribution in [1.29, 1.82) is 0 Å². The Hall–Kier alpha value is -2.67. The van der Waals surface area contributed by atoms with E-state index in [1.807, 2.05) is 53.4 Å². The summed E-state index contributed by atoms with van der Waals surface area (Å²) in [7, 11) is 1.66. The van der Waals surface area contributed by atoms with Crippen LogP contribution >= 0.6 is 11.8 Å². The number of rotatable bonds is 4. The van der Waals surface area contributed by atoms with E-state index >= 15 is 0 Å². The van der Waals surface area contributed by atoms with Crippen LogP contribution in [0.3, 0.4) is 0 Å². The molecule has 1 saturated heterocycles. The standard InChI is InChI=1S/C21H23N3O3S/c1-27-16-8-6-15(7-9-16)23-10-12-24(13-11-23)20(25)14-19-21(26)22-17-4-2-3-5-18(17)28-19/h2-9,19H,10-14H2,1H3,(H,22,26)/t19-/m0/s1. The fourth-order valence-corrected chi connectivity index (χ4v) is 4.62. The molecule has 1 N–H and O–H groups in total. The fraction of sp³-hybridized carbons (Fsp3) is 0.333. The molecule has 0 unspecified atom stereocenters. The Morgan fingerprint density at radius 3 is 2.54 bits per heavy atom. The average molecular weight is 398 g/mol. The summed E-state index contributed by atoms with van der Waals surface area (Å²) in [5.41, 5.74) is 1.96. The number of anilines is 2. The van der Waals surface area contributed by atoms with Gasteiger partial charge in [0, 0.05) is 43.2 Å². The molecule has 7 heteroatoms. The number of para-hydroxylation sites is 1. The van der Waals surface area contributed by atoms with E-state index in [0.29, 0.717) is 13.1 Å². The zero-order valence-electron chi connectivity index (χ0n) is 15.8. The lowest BCUT2D eigenvalue weighted by Gasteiger charge is -2.36. The van der Waals surface area contributed by atoms with Crippen molar-refractivity contribution >= 4 is 35.0 Å². The van der Waals surface area contributed by atoms with Gasteiger partial charge in [0.2, 0.25) is 11.8 Å². The van der Waals surface area contributed by atoms with Gasteiger partial charge in [-0.3, -0.25) is 9.59 Å². The number of nitrogens with zero attached hydrogens (tertiary/aromatic N) is 2. The molecule has 2 amide bonds. The normalized spacial score (nSPS) is 19.0. The number of ether oxygens (including phenoxy) is 1. The van der Waals surface area contributed by atoms with Gasteiger partial charge in [0.05, 0.1) is 18.0 Å². The Morgan fingerprint density at radius 2 is 1.82 bits per heavy atom. The van der Waals surface area contributed by atoms with Gasteiger partial charge in [-0.25, -0.2) is 0 Å². The number of nitrogens with one attached hydrogen (secondary N) is 1. The van der Waals surface area contributed by atoms with Crippen LogP contribution in [0.2, 0.25) is 0 Å². The van der Waals surface area contributed by atoms with Crippen LogP contribution in [-0.2, 0) is 9.59 Å². The van der Waals surface area contributed by atoms with Crippen molar-refractivity contribution < 1.29 is 14.3 Å². The molecule has 2 heterocycles. The third kappa shape index (κ3) is 3.94. The van der Waals surface area contributed by atoms with Crippen molar-refractivity contribution in [2.24, 2.45) is 0 Å². The second kappa shape index (κ2) is 8.14. The maximum absolute atomic E-state index is 12.7. The largest absolute Gasteiger partial charge is 0.497 e. The summed E-state index contributed by atoms with van der Waals surface area (Å²) in [6.07, 6.45) is 0.230. The van der Waals surface area contributed by atoms with E-state index in [0.717, 1.165) is 35.1 Å². The zero-order valence-corrected chi connectivity index (χ0v) is 16.6. The van der Waals surface area contributed by atoms with Gasteiger partial charge in [-0.15, -0.1) is 11.8 Å². The third-order valence-corrected chi connectivity index (χ3v) is 6.41. The summed E-state index contributed by atoms with van der Waals surface area (Å²) < 4.78 is 5.20. The van der Waals surface area contributed by atoms with Gasteiger partial charge in [-0.1, -0.05) is 12.1 Å². The topological polar surface area (TPSA) is 61.9 Å². The Bertz CT molecular complexity index is 863. The SMILES string of the molecule is COc1ccc(N2CCN(C(=O)C[C@@H]3Sc4ccccc4NC3=O)CC2)cc1. The van der Waals surface area contributed by atoms with Gasteiger partial charge >= 0.3 is 0 Å². The molecule has 0 aliphatic carbocycles. The predicted octanol–water partition coefficient (Wildman–Crippen LogP) is 2.85. The van der Waals surface area contributed by atoms with Gasteiger partial charge < -0.3 is 19.9 Å². The number of carbonyl (C=O) groups excluding carboxylic acids is 2. The van der Waals surface area contributed by atoms with E-state index in [1.54, 1.807) is 7.11 Å². The molecular weight excluding hydrogens is 374 g/mol. The highest BCUT2D eigenvalue weighted by molar-refractivity contribution is 8.01. The average Bonchev–Trinajstić information content (AvgIpc) is 2.74. The summed E-state index contributed by atoms with van der Waals surface area (Å²) in [5, 5.41) is 2.53. The van der Waals surface area contributed by atoms with Crippen LogP contribution in [0.5, 0.6) is 5.75 Å². The first-order valence-electron chi connectivity index (χ1n) is 9.37. The van der Waals surface area contributed by atoms with Crippen molar-refractivity contribution in [3.63, 3.8) is 0 Å². The molecule has 2 aliphatic rings. The molecule has 28 heavy (non-hydrogen) atoms. The first-order valence-corrected chi connectivity index (χ1v) is 10.3. The van der Waals surface area contributed by atoms with E-state index in [2.05, 4.69) is 10.2 Å². The third-order valence-electron chi connectivity index (χ3n) is 5.14. The molecule has 0 bridgehead atoms. The second-order valence-electron chi connectivity index (χ2n) is 6.86. The van der Waals surface area contributed by atoms with Crippen molar-refractivity contribution in [1.82, 2.24) is 4.90 Å². The van der Waals surface area contributed by atoms with Crippen molar-refractivity contribution in [2.45, 2.75) is 16.6 Å². The number of hydrogen-bond donors (Lipinski definition) is 1. The number of fused-ring (bicyclic) bond motifs is 1. The number of thioether (sulfide) groups is 1. The van der Waals surface area contributed by atoms with E-state index < -0.39 is 0 Å². The number of piperazine rings is 1. The van der Waals surface area contributed by atoms with Gasteiger partial charge in [0.15, 0.2) is 0 Å². The lowest BCUT2D eigenvalue weighted by molar-refractivity contribution is -0.132. The molecular formula is C21H23N3O3S. The molecule has 0 saturated carbocycles. The van der Waals surface area contributed by atoms with Crippen molar-refractivity contribution in [3.05, 3.63) is 48.5 Å². The van der Waals surface area contributed by atoms with Crippen LogP contribution in [0.4, 0.5) is 11.4 Å². The minimum Gasteiger partial charge on any atom is -0.497 e. The Labute approximate surface area is 168 Å². The number of amides is 2. The van der Waals surface area contributed by atoms with Gasteiger partial charge in [0.25, 0.3) is 0 Å². The Balaban J connectivity index is 1.32. The van der Waals surface area contributed by atoms with Crippen LogP contribution in [0.25, 0.3) is 0 Å². The highest BCUT2D eigenvalue weighted by Crippen LogP contribution is 2.36. The van der Waals surface area contributed by atoms with Crippen LogP contribution < -0.4 is 15.0 Å².